The van der Waals surface area contributed by atoms with Crippen LogP contribution in [0, 0.1) is 6.92 Å². The van der Waals surface area contributed by atoms with Crippen LogP contribution in [-0.4, -0.2) is 29.8 Å². The number of hydrogen-bond donors (Lipinski definition) is 1. The van der Waals surface area contributed by atoms with Gasteiger partial charge in [0.15, 0.2) is 0 Å². The van der Waals surface area contributed by atoms with Crippen molar-refractivity contribution < 1.29 is 9.59 Å². The number of carbonyl (C=O) groups is 2. The Labute approximate surface area is 152 Å². The van der Waals surface area contributed by atoms with E-state index in [-0.39, 0.29) is 17.9 Å². The number of benzene rings is 1. The monoisotopic (exact) mass is 356 g/mol. The fourth-order valence-electron chi connectivity index (χ4n) is 3.28. The van der Waals surface area contributed by atoms with Crippen LogP contribution in [0.5, 0.6) is 0 Å². The van der Waals surface area contributed by atoms with E-state index in [1.54, 1.807) is 0 Å². The quantitative estimate of drug-likeness (QED) is 0.797. The second kappa shape index (κ2) is 8.30. The van der Waals surface area contributed by atoms with Crippen LogP contribution in [-0.2, 0) is 4.79 Å². The van der Waals surface area contributed by atoms with Gasteiger partial charge in [-0.2, -0.15) is 0 Å². The summed E-state index contributed by atoms with van der Waals surface area (Å²) in [5, 5.41) is 4.77. The summed E-state index contributed by atoms with van der Waals surface area (Å²) in [5.41, 5.74) is 2.46. The molecule has 1 saturated heterocycles. The van der Waals surface area contributed by atoms with Gasteiger partial charge >= 0.3 is 0 Å². The van der Waals surface area contributed by atoms with Gasteiger partial charge in [0.2, 0.25) is 5.91 Å². The van der Waals surface area contributed by atoms with Crippen LogP contribution in [0.25, 0.3) is 0 Å². The molecule has 1 N–H and O–H groups in total. The molecule has 0 saturated carbocycles. The minimum absolute atomic E-state index is 0.0545. The number of thiophene rings is 1. The van der Waals surface area contributed by atoms with Crippen LogP contribution in [0.15, 0.2) is 41.8 Å². The molecule has 25 heavy (non-hydrogen) atoms. The van der Waals surface area contributed by atoms with E-state index in [2.05, 4.69) is 36.5 Å². The average molecular weight is 356 g/mol. The molecule has 1 aliphatic rings. The largest absolute Gasteiger partial charge is 0.351 e. The first-order chi connectivity index (χ1) is 12.1. The topological polar surface area (TPSA) is 49.4 Å². The van der Waals surface area contributed by atoms with Crippen molar-refractivity contribution in [2.45, 2.75) is 38.6 Å². The van der Waals surface area contributed by atoms with Gasteiger partial charge in [-0.05, 0) is 43.2 Å². The molecule has 1 aromatic carbocycles. The van der Waals surface area contributed by atoms with Gasteiger partial charge < -0.3 is 10.2 Å². The predicted octanol–water partition coefficient (Wildman–Crippen LogP) is 3.93. The Kier molecular flexibility index (Phi) is 5.87. The normalized spacial score (nSPS) is 16.8. The van der Waals surface area contributed by atoms with Crippen LogP contribution >= 0.6 is 11.3 Å². The summed E-state index contributed by atoms with van der Waals surface area (Å²) >= 11 is 1.43. The lowest BCUT2D eigenvalue weighted by Crippen LogP contribution is -2.31. The van der Waals surface area contributed by atoms with Gasteiger partial charge in [-0.25, -0.2) is 0 Å². The number of nitrogens with one attached hydrogen (secondary N) is 1. The molecule has 0 bridgehead atoms. The number of hydrogen-bond acceptors (Lipinski definition) is 3. The van der Waals surface area contributed by atoms with Crippen LogP contribution in [0.3, 0.4) is 0 Å². The number of rotatable bonds is 6. The van der Waals surface area contributed by atoms with Crippen LogP contribution in [0.1, 0.15) is 52.5 Å². The zero-order valence-corrected chi connectivity index (χ0v) is 15.3. The molecule has 2 heterocycles. The van der Waals surface area contributed by atoms with Gasteiger partial charge in [0.25, 0.3) is 5.91 Å². The highest BCUT2D eigenvalue weighted by Gasteiger charge is 2.29. The summed E-state index contributed by atoms with van der Waals surface area (Å²) < 4.78 is 0. The van der Waals surface area contributed by atoms with Crippen molar-refractivity contribution in [1.82, 2.24) is 10.2 Å². The highest BCUT2D eigenvalue weighted by atomic mass is 32.1. The van der Waals surface area contributed by atoms with Crippen molar-refractivity contribution in [3.8, 4) is 0 Å². The first-order valence-corrected chi connectivity index (χ1v) is 9.71. The third-order valence-electron chi connectivity index (χ3n) is 4.63. The lowest BCUT2D eigenvalue weighted by atomic mass is 10.0. The number of likely N-dealkylation sites (tertiary alicyclic amines) is 1. The number of carbonyl (C=O) groups excluding carboxylic acids is 2. The summed E-state index contributed by atoms with van der Waals surface area (Å²) in [5.74, 6) is 0.134. The molecular weight excluding hydrogens is 332 g/mol. The summed E-state index contributed by atoms with van der Waals surface area (Å²) in [6.45, 7) is 3.44. The third-order valence-corrected chi connectivity index (χ3v) is 5.50. The number of amides is 2. The third kappa shape index (κ3) is 4.48. The minimum Gasteiger partial charge on any atom is -0.351 e. The maximum atomic E-state index is 12.6. The van der Waals surface area contributed by atoms with Gasteiger partial charge in [-0.3, -0.25) is 9.59 Å². The van der Waals surface area contributed by atoms with Crippen molar-refractivity contribution >= 4 is 23.2 Å². The van der Waals surface area contributed by atoms with E-state index in [0.29, 0.717) is 24.3 Å². The van der Waals surface area contributed by atoms with Crippen molar-refractivity contribution in [2.75, 3.05) is 13.1 Å². The van der Waals surface area contributed by atoms with E-state index in [1.165, 1.54) is 22.5 Å². The van der Waals surface area contributed by atoms with E-state index >= 15 is 0 Å². The molecule has 3 rings (SSSR count). The molecule has 1 fully saturated rings. The standard InChI is InChI=1S/C20H24N2O2S/c1-15-8-10-16(11-9-15)17-5-3-13-22(17)19(23)7-2-12-21-20(24)18-6-4-14-25-18/h4,6,8-11,14,17H,2-3,5,7,12-13H2,1H3,(H,21,24). The molecule has 0 aliphatic carbocycles. The van der Waals surface area contributed by atoms with Gasteiger partial charge in [0.1, 0.15) is 0 Å². The SMILES string of the molecule is Cc1ccc(C2CCCN2C(=O)CCCNC(=O)c2cccs2)cc1. The molecule has 132 valence electrons. The van der Waals surface area contributed by atoms with E-state index in [4.69, 9.17) is 0 Å². The van der Waals surface area contributed by atoms with Crippen molar-refractivity contribution in [3.63, 3.8) is 0 Å². The highest BCUT2D eigenvalue weighted by Crippen LogP contribution is 2.32. The molecule has 1 unspecified atom stereocenters. The molecule has 0 spiro atoms. The molecule has 2 amide bonds. The van der Waals surface area contributed by atoms with Crippen molar-refractivity contribution in [2.24, 2.45) is 0 Å². The van der Waals surface area contributed by atoms with Crippen molar-refractivity contribution in [1.29, 1.82) is 0 Å². The Morgan fingerprint density at radius 3 is 2.76 bits per heavy atom. The second-order valence-corrected chi connectivity index (χ2v) is 7.44. The van der Waals surface area contributed by atoms with Crippen LogP contribution in [0.2, 0.25) is 0 Å². The maximum Gasteiger partial charge on any atom is 0.261 e. The average Bonchev–Trinajstić information content (AvgIpc) is 3.30. The Bertz CT molecular complexity index is 710. The smallest absolute Gasteiger partial charge is 0.261 e. The summed E-state index contributed by atoms with van der Waals surface area (Å²) in [7, 11) is 0. The number of aryl methyl sites for hydroxylation is 1. The Balaban J connectivity index is 1.47. The molecule has 4 nitrogen and oxygen atoms in total. The highest BCUT2D eigenvalue weighted by molar-refractivity contribution is 7.12. The predicted molar refractivity (Wildman–Crippen MR) is 101 cm³/mol. The molecule has 1 atom stereocenters. The first-order valence-electron chi connectivity index (χ1n) is 8.83. The fourth-order valence-corrected chi connectivity index (χ4v) is 3.92. The second-order valence-electron chi connectivity index (χ2n) is 6.49. The van der Waals surface area contributed by atoms with E-state index < -0.39 is 0 Å². The summed E-state index contributed by atoms with van der Waals surface area (Å²) in [6, 6.07) is 12.4. The fraction of sp³-hybridized carbons (Fsp3) is 0.400. The molecule has 2 aromatic rings. The van der Waals surface area contributed by atoms with Gasteiger partial charge in [-0.1, -0.05) is 35.9 Å². The number of nitrogens with zero attached hydrogens (tertiary/aromatic N) is 1. The van der Waals surface area contributed by atoms with E-state index in [1.807, 2.05) is 22.4 Å². The first kappa shape index (κ1) is 17.7. The Hall–Kier alpha value is -2.14. The zero-order chi connectivity index (χ0) is 17.6. The molecule has 5 heteroatoms. The Morgan fingerprint density at radius 2 is 2.04 bits per heavy atom. The summed E-state index contributed by atoms with van der Waals surface area (Å²) in [4.78, 5) is 27.2. The molecule has 1 aliphatic heterocycles. The van der Waals surface area contributed by atoms with E-state index in [0.717, 1.165) is 19.4 Å². The molecule has 0 radical (unpaired) electrons. The molecule has 1 aromatic heterocycles. The van der Waals surface area contributed by atoms with E-state index in [9.17, 15) is 9.59 Å². The van der Waals surface area contributed by atoms with Crippen molar-refractivity contribution in [3.05, 3.63) is 57.8 Å². The lowest BCUT2D eigenvalue weighted by Gasteiger charge is -2.25. The zero-order valence-electron chi connectivity index (χ0n) is 14.5. The van der Waals surface area contributed by atoms with Gasteiger partial charge in [0, 0.05) is 19.5 Å². The van der Waals surface area contributed by atoms with Crippen LogP contribution < -0.4 is 5.32 Å². The van der Waals surface area contributed by atoms with Gasteiger partial charge in [0.05, 0.1) is 10.9 Å². The maximum absolute atomic E-state index is 12.6. The minimum atomic E-state index is -0.0545. The molecular formula is C20H24N2O2S. The lowest BCUT2D eigenvalue weighted by molar-refractivity contribution is -0.132. The van der Waals surface area contributed by atoms with Crippen LogP contribution in [0.4, 0.5) is 0 Å². The van der Waals surface area contributed by atoms with Gasteiger partial charge in [-0.15, -0.1) is 11.3 Å². The summed E-state index contributed by atoms with van der Waals surface area (Å²) in [6.07, 6.45) is 3.24. The Morgan fingerprint density at radius 1 is 1.24 bits per heavy atom.